The Bertz CT molecular complexity index is 1070. The van der Waals surface area contributed by atoms with Crippen molar-refractivity contribution < 1.29 is 13.9 Å². The summed E-state index contributed by atoms with van der Waals surface area (Å²) >= 11 is 0. The number of ether oxygens (including phenoxy) is 1. The summed E-state index contributed by atoms with van der Waals surface area (Å²) in [4.78, 5) is 13.3. The minimum absolute atomic E-state index is 0.127. The van der Waals surface area contributed by atoms with Crippen LogP contribution in [0.2, 0.25) is 0 Å². The van der Waals surface area contributed by atoms with Crippen molar-refractivity contribution in [3.8, 4) is 5.75 Å². The number of carbonyl (C=O) groups is 1. The lowest BCUT2D eigenvalue weighted by atomic mass is 9.79. The van der Waals surface area contributed by atoms with Gasteiger partial charge in [-0.1, -0.05) is 24.3 Å². The van der Waals surface area contributed by atoms with Crippen molar-refractivity contribution in [2.24, 2.45) is 0 Å². The lowest BCUT2D eigenvalue weighted by molar-refractivity contribution is -0.116. The molecule has 0 amide bonds. The van der Waals surface area contributed by atoms with E-state index in [1.165, 1.54) is 0 Å². The summed E-state index contributed by atoms with van der Waals surface area (Å²) in [7, 11) is 1.66. The molecule has 5 rings (SSSR count). The molecule has 0 radical (unpaired) electrons. The Morgan fingerprint density at radius 1 is 0.966 bits per heavy atom. The standard InChI is InChI=1S/C24H22N2O3/c1-28-17-10-8-15(9-11-17)16-13-20-23(21(27)14-16)24(22-7-4-12-29-22)26-19-6-3-2-5-18(19)25-20/h2-12,16,24-26H,13-14H2,1H3/t16-,24+/m0/s1. The Morgan fingerprint density at radius 3 is 2.48 bits per heavy atom. The third-order valence-corrected chi connectivity index (χ3v) is 5.72. The fourth-order valence-corrected chi connectivity index (χ4v) is 4.27. The van der Waals surface area contributed by atoms with E-state index >= 15 is 0 Å². The van der Waals surface area contributed by atoms with Gasteiger partial charge in [-0.3, -0.25) is 4.79 Å². The van der Waals surface area contributed by atoms with Crippen LogP contribution in [0.4, 0.5) is 11.4 Å². The van der Waals surface area contributed by atoms with Crippen molar-refractivity contribution in [2.75, 3.05) is 17.7 Å². The molecule has 0 unspecified atom stereocenters. The van der Waals surface area contributed by atoms with Crippen LogP contribution in [0.3, 0.4) is 0 Å². The number of carbonyl (C=O) groups excluding carboxylic acids is 1. The molecule has 0 bridgehead atoms. The molecule has 3 aromatic rings. The van der Waals surface area contributed by atoms with E-state index in [9.17, 15) is 4.79 Å². The zero-order chi connectivity index (χ0) is 19.8. The first-order chi connectivity index (χ1) is 14.2. The first-order valence-electron chi connectivity index (χ1n) is 9.79. The molecule has 0 spiro atoms. The molecule has 2 heterocycles. The molecule has 29 heavy (non-hydrogen) atoms. The van der Waals surface area contributed by atoms with E-state index in [0.29, 0.717) is 6.42 Å². The maximum Gasteiger partial charge on any atom is 0.163 e. The Morgan fingerprint density at radius 2 is 1.76 bits per heavy atom. The summed E-state index contributed by atoms with van der Waals surface area (Å²) < 4.78 is 11.0. The fourth-order valence-electron chi connectivity index (χ4n) is 4.27. The minimum Gasteiger partial charge on any atom is -0.497 e. The highest BCUT2D eigenvalue weighted by atomic mass is 16.5. The van der Waals surface area contributed by atoms with Gasteiger partial charge >= 0.3 is 0 Å². The average molecular weight is 386 g/mol. The number of Topliss-reactive ketones (excluding diaryl/α,β-unsaturated/α-hetero) is 1. The Hall–Kier alpha value is -3.47. The number of fused-ring (bicyclic) bond motifs is 1. The second-order valence-electron chi connectivity index (χ2n) is 7.46. The van der Waals surface area contributed by atoms with Crippen LogP contribution in [0.1, 0.15) is 36.1 Å². The molecule has 0 saturated carbocycles. The Kier molecular flexibility index (Phi) is 4.35. The van der Waals surface area contributed by atoms with Gasteiger partial charge in [0.25, 0.3) is 0 Å². The molecule has 1 aliphatic heterocycles. The molecule has 2 atom stereocenters. The summed E-state index contributed by atoms with van der Waals surface area (Å²) in [6.45, 7) is 0. The van der Waals surface area contributed by atoms with Gasteiger partial charge < -0.3 is 19.8 Å². The number of para-hydroxylation sites is 2. The average Bonchev–Trinajstić information content (AvgIpc) is 3.22. The number of hydrogen-bond donors (Lipinski definition) is 2. The van der Waals surface area contributed by atoms with Crippen LogP contribution in [-0.4, -0.2) is 12.9 Å². The number of nitrogens with one attached hydrogen (secondary N) is 2. The van der Waals surface area contributed by atoms with Crippen molar-refractivity contribution >= 4 is 17.2 Å². The molecule has 2 N–H and O–H groups in total. The molecular weight excluding hydrogens is 364 g/mol. The van der Waals surface area contributed by atoms with E-state index in [1.54, 1.807) is 13.4 Å². The van der Waals surface area contributed by atoms with E-state index in [4.69, 9.17) is 9.15 Å². The van der Waals surface area contributed by atoms with Gasteiger partial charge in [-0.25, -0.2) is 0 Å². The molecule has 0 fully saturated rings. The number of rotatable bonds is 3. The number of anilines is 2. The molecule has 5 nitrogen and oxygen atoms in total. The summed E-state index contributed by atoms with van der Waals surface area (Å²) in [5.74, 6) is 1.83. The van der Waals surface area contributed by atoms with Crippen molar-refractivity contribution in [3.05, 3.63) is 89.5 Å². The quantitative estimate of drug-likeness (QED) is 0.642. The highest BCUT2D eigenvalue weighted by Gasteiger charge is 2.37. The van der Waals surface area contributed by atoms with E-state index in [-0.39, 0.29) is 17.7 Å². The third kappa shape index (κ3) is 3.18. The number of benzene rings is 2. The highest BCUT2D eigenvalue weighted by molar-refractivity contribution is 6.01. The van der Waals surface area contributed by atoms with Gasteiger partial charge in [0.05, 0.1) is 24.7 Å². The van der Waals surface area contributed by atoms with Crippen LogP contribution >= 0.6 is 0 Å². The van der Waals surface area contributed by atoms with Crippen LogP contribution in [0.25, 0.3) is 0 Å². The maximum atomic E-state index is 13.3. The van der Waals surface area contributed by atoms with Crippen molar-refractivity contribution in [3.63, 3.8) is 0 Å². The second kappa shape index (κ2) is 7.17. The predicted molar refractivity (Wildman–Crippen MR) is 112 cm³/mol. The Balaban J connectivity index is 1.56. The zero-order valence-corrected chi connectivity index (χ0v) is 16.1. The largest absolute Gasteiger partial charge is 0.497 e. The van der Waals surface area contributed by atoms with Crippen LogP contribution in [0.15, 0.2) is 82.6 Å². The van der Waals surface area contributed by atoms with Gasteiger partial charge in [0.15, 0.2) is 5.78 Å². The third-order valence-electron chi connectivity index (χ3n) is 5.72. The first-order valence-corrected chi connectivity index (χ1v) is 9.79. The van der Waals surface area contributed by atoms with Gasteiger partial charge in [0, 0.05) is 17.7 Å². The van der Waals surface area contributed by atoms with Crippen molar-refractivity contribution in [1.29, 1.82) is 0 Å². The van der Waals surface area contributed by atoms with E-state index < -0.39 is 0 Å². The smallest absolute Gasteiger partial charge is 0.163 e. The van der Waals surface area contributed by atoms with Gasteiger partial charge in [-0.05, 0) is 54.3 Å². The summed E-state index contributed by atoms with van der Waals surface area (Å²) in [6, 6.07) is 19.5. The molecule has 0 saturated heterocycles. The molecule has 2 aliphatic rings. The van der Waals surface area contributed by atoms with Gasteiger partial charge in [0.2, 0.25) is 0 Å². The van der Waals surface area contributed by atoms with Crippen molar-refractivity contribution in [2.45, 2.75) is 24.8 Å². The predicted octanol–water partition coefficient (Wildman–Crippen LogP) is 5.27. The molecule has 2 aromatic carbocycles. The summed E-state index contributed by atoms with van der Waals surface area (Å²) in [5.41, 5.74) is 4.80. The zero-order valence-electron chi connectivity index (χ0n) is 16.1. The highest BCUT2D eigenvalue weighted by Crippen LogP contribution is 2.44. The van der Waals surface area contributed by atoms with Gasteiger partial charge in [0.1, 0.15) is 17.6 Å². The van der Waals surface area contributed by atoms with Crippen LogP contribution in [0, 0.1) is 0 Å². The van der Waals surface area contributed by atoms with Crippen molar-refractivity contribution in [1.82, 2.24) is 0 Å². The lowest BCUT2D eigenvalue weighted by Gasteiger charge is -2.29. The van der Waals surface area contributed by atoms with Crippen LogP contribution < -0.4 is 15.4 Å². The normalized spacial score (nSPS) is 20.8. The Labute approximate surface area is 169 Å². The summed E-state index contributed by atoms with van der Waals surface area (Å²) in [6.07, 6.45) is 2.89. The van der Waals surface area contributed by atoms with Crippen LogP contribution in [0.5, 0.6) is 5.75 Å². The molecule has 1 aromatic heterocycles. The van der Waals surface area contributed by atoms with E-state index in [1.807, 2.05) is 48.5 Å². The number of allylic oxidation sites excluding steroid dienone is 1. The lowest BCUT2D eigenvalue weighted by Crippen LogP contribution is -2.26. The number of methoxy groups -OCH3 is 1. The SMILES string of the molecule is COc1ccc([C@@H]2CC(=O)C3=C(C2)Nc2ccccc2N[C@@H]3c2ccco2)cc1. The number of hydrogen-bond acceptors (Lipinski definition) is 5. The van der Waals surface area contributed by atoms with E-state index in [0.717, 1.165) is 46.1 Å². The fraction of sp³-hybridized carbons (Fsp3) is 0.208. The second-order valence-corrected chi connectivity index (χ2v) is 7.46. The monoisotopic (exact) mass is 386 g/mol. The van der Waals surface area contributed by atoms with E-state index in [2.05, 4.69) is 22.8 Å². The summed E-state index contributed by atoms with van der Waals surface area (Å²) in [5, 5.41) is 7.05. The molecule has 5 heteroatoms. The maximum absolute atomic E-state index is 13.3. The molecule has 146 valence electrons. The minimum atomic E-state index is -0.305. The van der Waals surface area contributed by atoms with Gasteiger partial charge in [-0.2, -0.15) is 0 Å². The van der Waals surface area contributed by atoms with Crippen LogP contribution in [-0.2, 0) is 4.79 Å². The number of ketones is 1. The number of furan rings is 1. The van der Waals surface area contributed by atoms with Gasteiger partial charge in [-0.15, -0.1) is 0 Å². The first kappa shape index (κ1) is 17.6. The topological polar surface area (TPSA) is 63.5 Å². The molecule has 1 aliphatic carbocycles. The molecular formula is C24H22N2O3.